The van der Waals surface area contributed by atoms with E-state index in [4.69, 9.17) is 4.74 Å². The van der Waals surface area contributed by atoms with Crippen molar-refractivity contribution in [3.8, 4) is 5.75 Å². The van der Waals surface area contributed by atoms with Gasteiger partial charge in [-0.05, 0) is 36.8 Å². The zero-order chi connectivity index (χ0) is 21.5. The Kier molecular flexibility index (Phi) is 5.42. The molecule has 0 atom stereocenters. The van der Waals surface area contributed by atoms with Crippen molar-refractivity contribution in [2.45, 2.75) is 18.2 Å². The first kappa shape index (κ1) is 20.6. The molecular formula is C21H23F2N3O3S. The Bertz CT molecular complexity index is 1190. The van der Waals surface area contributed by atoms with E-state index in [0.29, 0.717) is 24.5 Å². The number of methoxy groups -OCH3 is 1. The first-order valence-electron chi connectivity index (χ1n) is 9.62. The number of anilines is 1. The molecule has 1 aromatic heterocycles. The third-order valence-corrected chi connectivity index (χ3v) is 7.03. The Morgan fingerprint density at radius 3 is 2.50 bits per heavy atom. The summed E-state index contributed by atoms with van der Waals surface area (Å²) in [6.45, 7) is 4.77. The number of halogens is 2. The number of rotatable bonds is 5. The van der Waals surface area contributed by atoms with Gasteiger partial charge in [-0.15, -0.1) is 0 Å². The van der Waals surface area contributed by atoms with Crippen molar-refractivity contribution < 1.29 is 21.9 Å². The molecule has 1 fully saturated rings. The number of ether oxygens (including phenoxy) is 1. The summed E-state index contributed by atoms with van der Waals surface area (Å²) >= 11 is 0. The lowest BCUT2D eigenvalue weighted by molar-refractivity contribution is 0.153. The van der Waals surface area contributed by atoms with Gasteiger partial charge < -0.3 is 15.0 Å². The number of nitrogens with zero attached hydrogens (tertiary/aromatic N) is 2. The smallest absolute Gasteiger partial charge is 0.268 e. The maximum Gasteiger partial charge on any atom is 0.268 e. The number of aryl methyl sites for hydroxylation is 1. The molecule has 1 aliphatic rings. The predicted molar refractivity (Wildman–Crippen MR) is 112 cm³/mol. The van der Waals surface area contributed by atoms with Crippen LogP contribution in [0.3, 0.4) is 0 Å². The van der Waals surface area contributed by atoms with E-state index in [1.165, 1.54) is 13.2 Å². The van der Waals surface area contributed by atoms with Crippen LogP contribution < -0.4 is 15.0 Å². The van der Waals surface area contributed by atoms with Crippen LogP contribution in [-0.2, 0) is 10.0 Å². The number of hydrogen-bond donors (Lipinski definition) is 1. The number of aromatic nitrogens is 1. The van der Waals surface area contributed by atoms with Crippen LogP contribution in [0.2, 0.25) is 0 Å². The van der Waals surface area contributed by atoms with Gasteiger partial charge in [0.1, 0.15) is 5.75 Å². The number of nitrogens with one attached hydrogen (secondary N) is 1. The first-order chi connectivity index (χ1) is 14.3. The molecule has 1 aliphatic heterocycles. The average molecular weight is 435 g/mol. The molecule has 30 heavy (non-hydrogen) atoms. The van der Waals surface area contributed by atoms with Gasteiger partial charge in [-0.1, -0.05) is 12.1 Å². The van der Waals surface area contributed by atoms with Gasteiger partial charge >= 0.3 is 0 Å². The SMILES string of the molecule is COc1ccc(S(=O)(=O)n2cc(C(F)F)c3ccc(C)cc32)cc1N1CCNCC1. The highest BCUT2D eigenvalue weighted by atomic mass is 32.2. The molecule has 0 radical (unpaired) electrons. The molecule has 9 heteroatoms. The van der Waals surface area contributed by atoms with Crippen LogP contribution in [0.25, 0.3) is 10.9 Å². The van der Waals surface area contributed by atoms with Crippen molar-refractivity contribution in [1.29, 1.82) is 0 Å². The van der Waals surface area contributed by atoms with Crippen molar-refractivity contribution in [2.24, 2.45) is 0 Å². The van der Waals surface area contributed by atoms with Gasteiger partial charge in [0, 0.05) is 43.3 Å². The average Bonchev–Trinajstić information content (AvgIpc) is 3.13. The van der Waals surface area contributed by atoms with Gasteiger partial charge in [-0.25, -0.2) is 21.2 Å². The standard InChI is InChI=1S/C21H23F2N3O3S/c1-14-3-5-16-17(21(22)23)13-26(18(16)11-14)30(27,28)15-4-6-20(29-2)19(12-15)25-9-7-24-8-10-25/h3-6,11-13,21,24H,7-10H2,1-2H3. The summed E-state index contributed by atoms with van der Waals surface area (Å²) in [6.07, 6.45) is -1.75. The van der Waals surface area contributed by atoms with Gasteiger partial charge in [-0.3, -0.25) is 0 Å². The molecule has 0 unspecified atom stereocenters. The normalized spacial score (nSPS) is 15.2. The lowest BCUT2D eigenvalue weighted by Crippen LogP contribution is -2.43. The molecule has 0 aliphatic carbocycles. The number of fused-ring (bicyclic) bond motifs is 1. The second-order valence-electron chi connectivity index (χ2n) is 7.28. The van der Waals surface area contributed by atoms with Crippen molar-refractivity contribution in [2.75, 3.05) is 38.2 Å². The van der Waals surface area contributed by atoms with Crippen LogP contribution in [0.4, 0.5) is 14.5 Å². The molecule has 4 rings (SSSR count). The Morgan fingerprint density at radius 2 is 1.83 bits per heavy atom. The largest absolute Gasteiger partial charge is 0.495 e. The minimum absolute atomic E-state index is 0.0241. The molecule has 2 aromatic carbocycles. The molecule has 0 bridgehead atoms. The van der Waals surface area contributed by atoms with Gasteiger partial charge in [0.25, 0.3) is 16.4 Å². The van der Waals surface area contributed by atoms with E-state index in [0.717, 1.165) is 28.8 Å². The maximum absolute atomic E-state index is 13.6. The van der Waals surface area contributed by atoms with Gasteiger partial charge in [0.05, 0.1) is 23.2 Å². The molecule has 0 saturated carbocycles. The number of hydrogen-bond acceptors (Lipinski definition) is 5. The minimum Gasteiger partial charge on any atom is -0.495 e. The quantitative estimate of drug-likeness (QED) is 0.664. The molecule has 0 spiro atoms. The van der Waals surface area contributed by atoms with Crippen LogP contribution in [0.5, 0.6) is 5.75 Å². The van der Waals surface area contributed by atoms with E-state index in [1.54, 1.807) is 37.3 Å². The molecule has 0 amide bonds. The molecule has 160 valence electrons. The van der Waals surface area contributed by atoms with E-state index in [9.17, 15) is 17.2 Å². The van der Waals surface area contributed by atoms with E-state index in [-0.39, 0.29) is 21.4 Å². The summed E-state index contributed by atoms with van der Waals surface area (Å²) in [5, 5.41) is 3.49. The maximum atomic E-state index is 13.6. The Morgan fingerprint density at radius 1 is 1.10 bits per heavy atom. The van der Waals surface area contributed by atoms with Crippen LogP contribution >= 0.6 is 0 Å². The monoisotopic (exact) mass is 435 g/mol. The van der Waals surface area contributed by atoms with Gasteiger partial charge in [0.2, 0.25) is 0 Å². The van der Waals surface area contributed by atoms with Crippen molar-refractivity contribution in [3.05, 3.63) is 53.7 Å². The summed E-state index contributed by atoms with van der Waals surface area (Å²) in [6, 6.07) is 9.46. The number of piperazine rings is 1. The zero-order valence-corrected chi connectivity index (χ0v) is 17.5. The molecule has 6 nitrogen and oxygen atoms in total. The summed E-state index contributed by atoms with van der Waals surface area (Å²) in [4.78, 5) is 2.08. The van der Waals surface area contributed by atoms with Gasteiger partial charge in [0.15, 0.2) is 0 Å². The van der Waals surface area contributed by atoms with E-state index in [1.807, 2.05) is 0 Å². The lowest BCUT2D eigenvalue weighted by Gasteiger charge is -2.30. The van der Waals surface area contributed by atoms with Crippen LogP contribution in [0.1, 0.15) is 17.6 Å². The minimum atomic E-state index is -4.10. The molecule has 1 N–H and O–H groups in total. The number of benzene rings is 2. The van der Waals surface area contributed by atoms with E-state index >= 15 is 0 Å². The van der Waals surface area contributed by atoms with E-state index < -0.39 is 16.4 Å². The van der Waals surface area contributed by atoms with Crippen LogP contribution in [0.15, 0.2) is 47.5 Å². The van der Waals surface area contributed by atoms with Crippen LogP contribution in [0, 0.1) is 6.92 Å². The highest BCUT2D eigenvalue weighted by Gasteiger charge is 2.26. The number of alkyl halides is 2. The summed E-state index contributed by atoms with van der Waals surface area (Å²) in [7, 11) is -2.56. The van der Waals surface area contributed by atoms with Crippen LogP contribution in [-0.4, -0.2) is 45.7 Å². The predicted octanol–water partition coefficient (Wildman–Crippen LogP) is 3.54. The van der Waals surface area contributed by atoms with Gasteiger partial charge in [-0.2, -0.15) is 0 Å². The topological polar surface area (TPSA) is 63.6 Å². The fourth-order valence-corrected chi connectivity index (χ4v) is 5.19. The third-order valence-electron chi connectivity index (χ3n) is 5.36. The Balaban J connectivity index is 1.87. The van der Waals surface area contributed by atoms with Crippen molar-refractivity contribution in [3.63, 3.8) is 0 Å². The zero-order valence-electron chi connectivity index (χ0n) is 16.7. The van der Waals surface area contributed by atoms with E-state index in [2.05, 4.69) is 10.2 Å². The Hall–Kier alpha value is -2.65. The van der Waals surface area contributed by atoms with Crippen molar-refractivity contribution >= 4 is 26.6 Å². The lowest BCUT2D eigenvalue weighted by atomic mass is 10.1. The fourth-order valence-electron chi connectivity index (χ4n) is 3.80. The second kappa shape index (κ2) is 7.88. The molecule has 1 saturated heterocycles. The molecule has 2 heterocycles. The summed E-state index contributed by atoms with van der Waals surface area (Å²) in [5.41, 5.74) is 1.39. The fraction of sp³-hybridized carbons (Fsp3) is 0.333. The highest BCUT2D eigenvalue weighted by molar-refractivity contribution is 7.90. The highest BCUT2D eigenvalue weighted by Crippen LogP contribution is 2.35. The van der Waals surface area contributed by atoms with Crippen molar-refractivity contribution in [1.82, 2.24) is 9.29 Å². The first-order valence-corrected chi connectivity index (χ1v) is 11.1. The third kappa shape index (κ3) is 3.52. The molecular weight excluding hydrogens is 412 g/mol. The second-order valence-corrected chi connectivity index (χ2v) is 9.09. The summed E-state index contributed by atoms with van der Waals surface area (Å²) < 4.78 is 60.5. The molecule has 3 aromatic rings. The Labute approximate surface area is 174 Å². The summed E-state index contributed by atoms with van der Waals surface area (Å²) in [5.74, 6) is 0.567.